The van der Waals surface area contributed by atoms with Crippen molar-refractivity contribution in [2.45, 2.75) is 39.0 Å². The molecule has 1 saturated heterocycles. The Morgan fingerprint density at radius 3 is 2.59 bits per heavy atom. The molecule has 0 bridgehead atoms. The minimum atomic E-state index is -0.353. The minimum Gasteiger partial charge on any atom is -0.372 e. The number of pyridine rings is 1. The van der Waals surface area contributed by atoms with Crippen LogP contribution in [0.2, 0.25) is 0 Å². The molecule has 1 aliphatic heterocycles. The molecular weight excluding hydrogens is 465 g/mol. The van der Waals surface area contributed by atoms with Gasteiger partial charge in [0.1, 0.15) is 5.82 Å². The zero-order valence-electron chi connectivity index (χ0n) is 21.2. The first-order valence-corrected chi connectivity index (χ1v) is 12.9. The number of halogens is 1. The summed E-state index contributed by atoms with van der Waals surface area (Å²) in [6, 6.07) is 23.8. The van der Waals surface area contributed by atoms with E-state index in [-0.39, 0.29) is 36.4 Å². The van der Waals surface area contributed by atoms with Gasteiger partial charge in [-0.1, -0.05) is 74.5 Å². The molecule has 3 aromatic carbocycles. The number of carbonyl (C=O) groups excluding carboxylic acids is 1. The number of carbonyl (C=O) groups is 1. The molecule has 0 radical (unpaired) electrons. The second-order valence-electron chi connectivity index (χ2n) is 9.87. The van der Waals surface area contributed by atoms with Gasteiger partial charge in [0.2, 0.25) is 0 Å². The van der Waals surface area contributed by atoms with E-state index in [2.05, 4.69) is 24.5 Å². The second kappa shape index (κ2) is 11.2. The lowest BCUT2D eigenvalue weighted by Crippen LogP contribution is -2.33. The maximum absolute atomic E-state index is 14.3. The van der Waals surface area contributed by atoms with Crippen LogP contribution in [0.3, 0.4) is 0 Å². The third-order valence-corrected chi connectivity index (χ3v) is 6.91. The number of hydrogen-bond donors (Lipinski definition) is 2. The van der Waals surface area contributed by atoms with Gasteiger partial charge >= 0.3 is 0 Å². The molecule has 5 nitrogen and oxygen atoms in total. The lowest BCUT2D eigenvalue weighted by molar-refractivity contribution is 0.0536. The van der Waals surface area contributed by atoms with Gasteiger partial charge in [0.15, 0.2) is 0 Å². The van der Waals surface area contributed by atoms with Crippen LogP contribution in [0.25, 0.3) is 22.2 Å². The largest absolute Gasteiger partial charge is 0.372 e. The highest BCUT2D eigenvalue weighted by Crippen LogP contribution is 2.33. The van der Waals surface area contributed by atoms with E-state index >= 15 is 0 Å². The average Bonchev–Trinajstić information content (AvgIpc) is 3.43. The van der Waals surface area contributed by atoms with Crippen molar-refractivity contribution in [2.75, 3.05) is 13.1 Å². The Bertz CT molecular complexity index is 1380. The highest BCUT2D eigenvalue weighted by Gasteiger charge is 2.26. The van der Waals surface area contributed by atoms with Gasteiger partial charge in [0.25, 0.3) is 5.91 Å². The molecule has 1 aliphatic rings. The van der Waals surface area contributed by atoms with Crippen molar-refractivity contribution in [3.63, 3.8) is 0 Å². The summed E-state index contributed by atoms with van der Waals surface area (Å²) >= 11 is 0. The minimum absolute atomic E-state index is 0.0514. The molecule has 0 spiro atoms. The number of hydrogen-bond acceptors (Lipinski definition) is 4. The number of aromatic nitrogens is 1. The Labute approximate surface area is 217 Å². The Morgan fingerprint density at radius 1 is 1.08 bits per heavy atom. The van der Waals surface area contributed by atoms with Crippen LogP contribution in [0.1, 0.15) is 47.8 Å². The summed E-state index contributed by atoms with van der Waals surface area (Å²) in [5, 5.41) is 7.36. The van der Waals surface area contributed by atoms with Gasteiger partial charge in [0.05, 0.1) is 35.5 Å². The van der Waals surface area contributed by atoms with E-state index in [9.17, 15) is 9.18 Å². The van der Waals surface area contributed by atoms with Crippen LogP contribution in [-0.2, 0) is 11.3 Å². The smallest absolute Gasteiger partial charge is 0.252 e. The van der Waals surface area contributed by atoms with Gasteiger partial charge in [-0.3, -0.25) is 4.79 Å². The molecule has 1 unspecified atom stereocenters. The molecule has 6 heteroatoms. The molecule has 2 atom stereocenters. The molecule has 0 aliphatic carbocycles. The fraction of sp³-hybridized carbons (Fsp3) is 0.290. The molecule has 1 fully saturated rings. The topological polar surface area (TPSA) is 63.2 Å². The lowest BCUT2D eigenvalue weighted by atomic mass is 9.93. The van der Waals surface area contributed by atoms with Crippen LogP contribution in [0.4, 0.5) is 4.39 Å². The average molecular weight is 498 g/mol. The third kappa shape index (κ3) is 5.55. The van der Waals surface area contributed by atoms with Gasteiger partial charge in [-0.2, -0.15) is 0 Å². The monoisotopic (exact) mass is 497 g/mol. The molecule has 1 amide bonds. The Balaban J connectivity index is 1.64. The van der Waals surface area contributed by atoms with E-state index < -0.39 is 0 Å². The summed E-state index contributed by atoms with van der Waals surface area (Å²) in [4.78, 5) is 19.0. The number of para-hydroxylation sites is 1. The molecule has 4 aromatic rings. The first-order valence-electron chi connectivity index (χ1n) is 12.9. The standard InChI is InChI=1S/C31H32FN3O2/c1-20(2)29(21-9-4-3-5-10-21)35-31(36)28-25-13-6-7-14-27(25)34-30(22-11-8-12-23(32)17-22)26(28)19-37-24-15-16-33-18-24/h3-14,17,20,24,29,33H,15-16,18-19H2,1-2H3,(H,35,36)/t24?,29-/m0/s1. The van der Waals surface area contributed by atoms with Crippen LogP contribution in [0.15, 0.2) is 78.9 Å². The second-order valence-corrected chi connectivity index (χ2v) is 9.87. The number of fused-ring (bicyclic) bond motifs is 1. The third-order valence-electron chi connectivity index (χ3n) is 6.91. The normalized spacial score (nSPS) is 16.3. The van der Waals surface area contributed by atoms with E-state index in [1.165, 1.54) is 12.1 Å². The first kappa shape index (κ1) is 25.1. The van der Waals surface area contributed by atoms with Crippen molar-refractivity contribution in [1.82, 2.24) is 15.6 Å². The van der Waals surface area contributed by atoms with Crippen molar-refractivity contribution in [1.29, 1.82) is 0 Å². The van der Waals surface area contributed by atoms with Crippen LogP contribution in [0, 0.1) is 11.7 Å². The van der Waals surface area contributed by atoms with Crippen molar-refractivity contribution in [3.8, 4) is 11.3 Å². The fourth-order valence-corrected chi connectivity index (χ4v) is 5.01. The summed E-state index contributed by atoms with van der Waals surface area (Å²) in [6.45, 7) is 6.06. The lowest BCUT2D eigenvalue weighted by Gasteiger charge is -2.25. The van der Waals surface area contributed by atoms with Gasteiger partial charge in [0, 0.05) is 23.1 Å². The summed E-state index contributed by atoms with van der Waals surface area (Å²) < 4.78 is 20.6. The summed E-state index contributed by atoms with van der Waals surface area (Å²) in [7, 11) is 0. The number of nitrogens with zero attached hydrogens (tertiary/aromatic N) is 1. The predicted octanol–water partition coefficient (Wildman–Crippen LogP) is 6.05. The van der Waals surface area contributed by atoms with E-state index in [4.69, 9.17) is 9.72 Å². The van der Waals surface area contributed by atoms with Gasteiger partial charge in [-0.25, -0.2) is 9.37 Å². The molecule has 2 heterocycles. The summed E-state index contributed by atoms with van der Waals surface area (Å²) in [6.07, 6.45) is 0.955. The van der Waals surface area contributed by atoms with E-state index in [0.29, 0.717) is 27.9 Å². The van der Waals surface area contributed by atoms with Crippen molar-refractivity contribution in [2.24, 2.45) is 5.92 Å². The predicted molar refractivity (Wildman–Crippen MR) is 145 cm³/mol. The van der Waals surface area contributed by atoms with E-state index in [0.717, 1.165) is 30.5 Å². The highest BCUT2D eigenvalue weighted by atomic mass is 19.1. The number of rotatable bonds is 8. The summed E-state index contributed by atoms with van der Waals surface area (Å²) in [5.74, 6) is -0.373. The number of benzene rings is 3. The number of nitrogens with one attached hydrogen (secondary N) is 2. The maximum Gasteiger partial charge on any atom is 0.252 e. The van der Waals surface area contributed by atoms with Crippen LogP contribution >= 0.6 is 0 Å². The molecule has 5 rings (SSSR count). The molecular formula is C31H32FN3O2. The van der Waals surface area contributed by atoms with Gasteiger partial charge in [-0.15, -0.1) is 0 Å². The zero-order chi connectivity index (χ0) is 25.8. The molecule has 37 heavy (non-hydrogen) atoms. The Kier molecular flexibility index (Phi) is 7.58. The maximum atomic E-state index is 14.3. The van der Waals surface area contributed by atoms with E-state index in [1.807, 2.05) is 60.7 Å². The molecule has 190 valence electrons. The SMILES string of the molecule is CC(C)[C@H](NC(=O)c1c(COC2CCNC2)c(-c2cccc(F)c2)nc2ccccc12)c1ccccc1. The summed E-state index contributed by atoms with van der Waals surface area (Å²) in [5.41, 5.74) is 4.10. The van der Waals surface area contributed by atoms with Gasteiger partial charge in [-0.05, 0) is 42.6 Å². The molecule has 0 saturated carbocycles. The van der Waals surface area contributed by atoms with Crippen LogP contribution in [0.5, 0.6) is 0 Å². The highest BCUT2D eigenvalue weighted by molar-refractivity contribution is 6.09. The zero-order valence-corrected chi connectivity index (χ0v) is 21.2. The fourth-order valence-electron chi connectivity index (χ4n) is 5.01. The number of amides is 1. The first-order chi connectivity index (χ1) is 18.0. The van der Waals surface area contributed by atoms with Crippen LogP contribution < -0.4 is 10.6 Å². The van der Waals surface area contributed by atoms with Crippen LogP contribution in [-0.4, -0.2) is 30.1 Å². The van der Waals surface area contributed by atoms with Crippen molar-refractivity contribution < 1.29 is 13.9 Å². The number of ether oxygens (including phenoxy) is 1. The Hall–Kier alpha value is -3.61. The molecule has 1 aromatic heterocycles. The van der Waals surface area contributed by atoms with Crippen molar-refractivity contribution in [3.05, 3.63) is 101 Å². The van der Waals surface area contributed by atoms with Gasteiger partial charge < -0.3 is 15.4 Å². The Morgan fingerprint density at radius 2 is 1.86 bits per heavy atom. The quantitative estimate of drug-likeness (QED) is 0.311. The molecule has 2 N–H and O–H groups in total. The van der Waals surface area contributed by atoms with Crippen molar-refractivity contribution >= 4 is 16.8 Å². The van der Waals surface area contributed by atoms with E-state index in [1.54, 1.807) is 6.07 Å².